The van der Waals surface area contributed by atoms with Crippen molar-refractivity contribution in [3.05, 3.63) is 170 Å². The van der Waals surface area contributed by atoms with Gasteiger partial charge < -0.3 is 4.42 Å². The van der Waals surface area contributed by atoms with Gasteiger partial charge in [0, 0.05) is 21.7 Å². The monoisotopic (exact) mass is 596 g/mol. The van der Waals surface area contributed by atoms with Gasteiger partial charge in [0.15, 0.2) is 0 Å². The molecule has 0 N–H and O–H groups in total. The molecular formula is C46H28O. The summed E-state index contributed by atoms with van der Waals surface area (Å²) >= 11 is 0. The molecule has 218 valence electrons. The first kappa shape index (κ1) is 26.1. The van der Waals surface area contributed by atoms with Crippen molar-refractivity contribution in [1.82, 2.24) is 0 Å². The molecule has 0 atom stereocenters. The minimum atomic E-state index is 0.916. The van der Waals surface area contributed by atoms with Crippen LogP contribution in [0.2, 0.25) is 0 Å². The lowest BCUT2D eigenvalue weighted by Gasteiger charge is -2.19. The molecule has 0 spiro atoms. The number of furan rings is 1. The van der Waals surface area contributed by atoms with Crippen molar-refractivity contribution < 1.29 is 4.42 Å². The lowest BCUT2D eigenvalue weighted by atomic mass is 9.83. The maximum atomic E-state index is 6.80. The highest BCUT2D eigenvalue weighted by atomic mass is 16.3. The highest BCUT2D eigenvalue weighted by Gasteiger charge is 2.23. The molecule has 1 heteroatoms. The van der Waals surface area contributed by atoms with E-state index in [-0.39, 0.29) is 0 Å². The molecule has 10 rings (SSSR count). The first-order valence-electron chi connectivity index (χ1n) is 16.2. The van der Waals surface area contributed by atoms with Gasteiger partial charge in [0.25, 0.3) is 0 Å². The minimum absolute atomic E-state index is 0.916. The SMILES string of the molecule is c1ccc(-c2ccc(-c3c4ccccc4c(-c4c5ccccc5cc5oc6c7ccccc7ccc6c45)c4ccccc34)cc2)cc1. The summed E-state index contributed by atoms with van der Waals surface area (Å²) in [4.78, 5) is 0. The number of benzene rings is 9. The molecule has 1 aromatic heterocycles. The Bertz CT molecular complexity index is 2760. The molecule has 1 heterocycles. The molecule has 10 aromatic rings. The molecule has 0 aliphatic rings. The third-order valence-corrected chi connectivity index (χ3v) is 9.84. The van der Waals surface area contributed by atoms with Crippen LogP contribution in [0.3, 0.4) is 0 Å². The van der Waals surface area contributed by atoms with E-state index in [0.29, 0.717) is 0 Å². The van der Waals surface area contributed by atoms with E-state index in [4.69, 9.17) is 4.42 Å². The van der Waals surface area contributed by atoms with E-state index in [1.54, 1.807) is 0 Å². The Hall–Kier alpha value is -6.18. The molecule has 0 unspecified atom stereocenters. The van der Waals surface area contributed by atoms with Crippen molar-refractivity contribution in [1.29, 1.82) is 0 Å². The van der Waals surface area contributed by atoms with Crippen molar-refractivity contribution in [2.45, 2.75) is 0 Å². The second-order valence-electron chi connectivity index (χ2n) is 12.4. The summed E-state index contributed by atoms with van der Waals surface area (Å²) < 4.78 is 6.80. The third-order valence-electron chi connectivity index (χ3n) is 9.84. The zero-order valence-corrected chi connectivity index (χ0v) is 25.6. The molecule has 0 aliphatic heterocycles. The fourth-order valence-electron chi connectivity index (χ4n) is 7.76. The van der Waals surface area contributed by atoms with Gasteiger partial charge in [-0.3, -0.25) is 0 Å². The summed E-state index contributed by atoms with van der Waals surface area (Å²) in [6, 6.07) is 61.4. The van der Waals surface area contributed by atoms with Crippen molar-refractivity contribution in [3.8, 4) is 33.4 Å². The van der Waals surface area contributed by atoms with Crippen LogP contribution < -0.4 is 0 Å². The molecule has 9 aromatic carbocycles. The van der Waals surface area contributed by atoms with Gasteiger partial charge in [-0.15, -0.1) is 0 Å². The molecule has 0 saturated heterocycles. The quantitative estimate of drug-likeness (QED) is 0.185. The Morgan fingerprint density at radius 3 is 1.49 bits per heavy atom. The van der Waals surface area contributed by atoms with E-state index in [9.17, 15) is 0 Å². The molecule has 0 amide bonds. The summed E-state index contributed by atoms with van der Waals surface area (Å²) in [5.74, 6) is 0. The molecular weight excluding hydrogens is 569 g/mol. The van der Waals surface area contributed by atoms with Crippen LogP contribution in [0.15, 0.2) is 174 Å². The second-order valence-corrected chi connectivity index (χ2v) is 12.4. The van der Waals surface area contributed by atoms with Gasteiger partial charge in [0.1, 0.15) is 11.2 Å². The average molecular weight is 597 g/mol. The van der Waals surface area contributed by atoms with Crippen LogP contribution >= 0.6 is 0 Å². The van der Waals surface area contributed by atoms with Gasteiger partial charge in [0.2, 0.25) is 0 Å². The lowest BCUT2D eigenvalue weighted by Crippen LogP contribution is -1.92. The summed E-state index contributed by atoms with van der Waals surface area (Å²) in [6.45, 7) is 0. The van der Waals surface area contributed by atoms with Gasteiger partial charge >= 0.3 is 0 Å². The van der Waals surface area contributed by atoms with Crippen LogP contribution in [0.4, 0.5) is 0 Å². The second kappa shape index (κ2) is 10.2. The van der Waals surface area contributed by atoms with Crippen LogP contribution in [0.25, 0.3) is 98.4 Å². The van der Waals surface area contributed by atoms with Gasteiger partial charge in [-0.2, -0.15) is 0 Å². The molecule has 1 nitrogen and oxygen atoms in total. The van der Waals surface area contributed by atoms with Gasteiger partial charge in [-0.05, 0) is 77.7 Å². The Kier molecular flexibility index (Phi) is 5.64. The van der Waals surface area contributed by atoms with Crippen LogP contribution in [0.5, 0.6) is 0 Å². The van der Waals surface area contributed by atoms with Crippen molar-refractivity contribution >= 4 is 65.0 Å². The van der Waals surface area contributed by atoms with E-state index in [0.717, 1.165) is 21.9 Å². The Labute approximate surface area is 271 Å². The molecule has 0 aliphatic carbocycles. The van der Waals surface area contributed by atoms with Crippen LogP contribution in [0, 0.1) is 0 Å². The standard InChI is InChI=1S/C46H28O/c1-2-12-29(13-3-1)30-22-24-32(25-23-30)42-36-18-8-10-20-38(36)43(39-21-11-9-19-37(39)42)45-34-16-6-5-15-33(34)28-41-44(45)40-27-26-31-14-4-7-17-35(31)46(40)47-41/h1-28H. The molecule has 0 fully saturated rings. The predicted molar refractivity (Wildman–Crippen MR) is 200 cm³/mol. The Morgan fingerprint density at radius 1 is 0.298 bits per heavy atom. The van der Waals surface area contributed by atoms with Crippen LogP contribution in [-0.2, 0) is 0 Å². The molecule has 0 radical (unpaired) electrons. The zero-order valence-electron chi connectivity index (χ0n) is 25.6. The minimum Gasteiger partial charge on any atom is -0.455 e. The third kappa shape index (κ3) is 3.90. The van der Waals surface area contributed by atoms with Gasteiger partial charge in [-0.1, -0.05) is 158 Å². The van der Waals surface area contributed by atoms with E-state index in [2.05, 4.69) is 170 Å². The van der Waals surface area contributed by atoms with Gasteiger partial charge in [-0.25, -0.2) is 0 Å². The van der Waals surface area contributed by atoms with E-state index >= 15 is 0 Å². The number of fused-ring (bicyclic) bond motifs is 8. The maximum Gasteiger partial charge on any atom is 0.143 e. The number of rotatable bonds is 3. The normalized spacial score (nSPS) is 11.8. The van der Waals surface area contributed by atoms with Crippen molar-refractivity contribution in [2.75, 3.05) is 0 Å². The Morgan fingerprint density at radius 2 is 0.809 bits per heavy atom. The average Bonchev–Trinajstić information content (AvgIpc) is 3.52. The van der Waals surface area contributed by atoms with Crippen LogP contribution in [0.1, 0.15) is 0 Å². The topological polar surface area (TPSA) is 13.1 Å². The fraction of sp³-hybridized carbons (Fsp3) is 0. The number of hydrogen-bond acceptors (Lipinski definition) is 1. The highest BCUT2D eigenvalue weighted by molar-refractivity contribution is 6.31. The van der Waals surface area contributed by atoms with Gasteiger partial charge in [0.05, 0.1) is 0 Å². The fourth-order valence-corrected chi connectivity index (χ4v) is 7.76. The molecule has 0 saturated carbocycles. The van der Waals surface area contributed by atoms with Crippen molar-refractivity contribution in [3.63, 3.8) is 0 Å². The highest BCUT2D eigenvalue weighted by Crippen LogP contribution is 2.50. The lowest BCUT2D eigenvalue weighted by molar-refractivity contribution is 0.673. The van der Waals surface area contributed by atoms with Crippen molar-refractivity contribution in [2.24, 2.45) is 0 Å². The van der Waals surface area contributed by atoms with E-state index in [1.807, 2.05) is 0 Å². The summed E-state index contributed by atoms with van der Waals surface area (Å²) in [6.07, 6.45) is 0. The predicted octanol–water partition coefficient (Wildman–Crippen LogP) is 13.2. The van der Waals surface area contributed by atoms with E-state index in [1.165, 1.54) is 76.5 Å². The summed E-state index contributed by atoms with van der Waals surface area (Å²) in [7, 11) is 0. The first-order valence-corrected chi connectivity index (χ1v) is 16.2. The van der Waals surface area contributed by atoms with E-state index < -0.39 is 0 Å². The maximum absolute atomic E-state index is 6.80. The molecule has 0 bridgehead atoms. The summed E-state index contributed by atoms with van der Waals surface area (Å²) in [5, 5.41) is 12.0. The first-order chi connectivity index (χ1) is 23.3. The number of hydrogen-bond donors (Lipinski definition) is 0. The zero-order chi connectivity index (χ0) is 30.9. The Balaban J connectivity index is 1.35. The smallest absolute Gasteiger partial charge is 0.143 e. The summed E-state index contributed by atoms with van der Waals surface area (Å²) in [5.41, 5.74) is 9.26. The largest absolute Gasteiger partial charge is 0.455 e. The molecule has 47 heavy (non-hydrogen) atoms. The van der Waals surface area contributed by atoms with Crippen LogP contribution in [-0.4, -0.2) is 0 Å².